The van der Waals surface area contributed by atoms with Gasteiger partial charge in [-0.15, -0.1) is 11.3 Å². The molecule has 0 fully saturated rings. The number of fused-ring (bicyclic) bond motifs is 3. The molecule has 228 valence electrons. The molecule has 7 rings (SSSR count). The first-order chi connectivity index (χ1) is 21.8. The van der Waals surface area contributed by atoms with Gasteiger partial charge in [-0.2, -0.15) is 5.10 Å². The smallest absolute Gasteiger partial charge is 0.270 e. The number of thiophene rings is 1. The maximum Gasteiger partial charge on any atom is 0.270 e. The highest BCUT2D eigenvalue weighted by Crippen LogP contribution is 2.47. The molecule has 5 aromatic rings. The van der Waals surface area contributed by atoms with Crippen LogP contribution in [0.1, 0.15) is 34.7 Å². The number of amides is 2. The third-order valence-corrected chi connectivity index (χ3v) is 9.01. The Morgan fingerprint density at radius 3 is 2.84 bits per heavy atom. The molecule has 2 N–H and O–H groups in total. The number of aliphatic hydroxyl groups excluding tert-OH is 1. The van der Waals surface area contributed by atoms with E-state index in [1.54, 1.807) is 15.8 Å². The van der Waals surface area contributed by atoms with E-state index in [1.807, 2.05) is 30.5 Å². The van der Waals surface area contributed by atoms with Crippen molar-refractivity contribution in [2.24, 2.45) is 0 Å². The van der Waals surface area contributed by atoms with Crippen LogP contribution >= 0.6 is 11.3 Å². The van der Waals surface area contributed by atoms with Crippen LogP contribution in [0.2, 0.25) is 0 Å². The van der Waals surface area contributed by atoms with Crippen molar-refractivity contribution in [2.45, 2.75) is 26.1 Å². The molecule has 0 unspecified atom stereocenters. The molecule has 2 amide bonds. The maximum atomic E-state index is 15.9. The van der Waals surface area contributed by atoms with Crippen LogP contribution in [0.5, 0.6) is 5.75 Å². The normalized spacial score (nSPS) is 15.6. The number of carbonyl (C=O) groups excluding carboxylic acids is 2. The number of rotatable bonds is 7. The first-order valence-electron chi connectivity index (χ1n) is 14.2. The van der Waals surface area contributed by atoms with Gasteiger partial charge in [-0.25, -0.2) is 13.8 Å². The second-order valence-corrected chi connectivity index (χ2v) is 11.6. The number of benzene rings is 1. The molecule has 0 saturated carbocycles. The molecule has 0 saturated heterocycles. The number of nitrogens with zero attached hydrogens (tertiary/aromatic N) is 5. The Hall–Kier alpha value is -5.01. The number of halogens is 2. The Morgan fingerprint density at radius 2 is 2.04 bits per heavy atom. The van der Waals surface area contributed by atoms with E-state index in [0.717, 1.165) is 23.4 Å². The second-order valence-electron chi connectivity index (χ2n) is 10.7. The molecule has 0 spiro atoms. The molecule has 4 aromatic heterocycles. The summed E-state index contributed by atoms with van der Waals surface area (Å²) in [6, 6.07) is 7.08. The monoisotopic (exact) mass is 628 g/mol. The molecule has 2 aliphatic rings. The Balaban J connectivity index is 1.50. The highest BCUT2D eigenvalue weighted by atomic mass is 32.1. The van der Waals surface area contributed by atoms with Gasteiger partial charge in [0, 0.05) is 58.2 Å². The van der Waals surface area contributed by atoms with Gasteiger partial charge >= 0.3 is 0 Å². The minimum absolute atomic E-state index is 0.0179. The van der Waals surface area contributed by atoms with Gasteiger partial charge in [-0.1, -0.05) is 6.58 Å². The van der Waals surface area contributed by atoms with Gasteiger partial charge in [0.2, 0.25) is 5.91 Å². The van der Waals surface area contributed by atoms with Crippen molar-refractivity contribution in [1.29, 1.82) is 0 Å². The molecule has 1 atom stereocenters. The molecular formula is C32H26F2N6O4S. The van der Waals surface area contributed by atoms with Gasteiger partial charge in [0.15, 0.2) is 0 Å². The Labute approximate surface area is 259 Å². The quantitative estimate of drug-likeness (QED) is 0.247. The van der Waals surface area contributed by atoms with Crippen molar-refractivity contribution >= 4 is 33.2 Å². The summed E-state index contributed by atoms with van der Waals surface area (Å²) in [6.45, 7) is 6.16. The summed E-state index contributed by atoms with van der Waals surface area (Å²) in [5.41, 5.74) is 4.09. The van der Waals surface area contributed by atoms with Gasteiger partial charge < -0.3 is 20.1 Å². The average Bonchev–Trinajstić information content (AvgIpc) is 3.78. The van der Waals surface area contributed by atoms with Crippen molar-refractivity contribution in [3.05, 3.63) is 83.1 Å². The third-order valence-electron chi connectivity index (χ3n) is 8.08. The fourth-order valence-corrected chi connectivity index (χ4v) is 6.95. The number of hydrogen-bond acceptors (Lipinski definition) is 8. The molecule has 6 heterocycles. The number of aliphatic hydroxyl groups is 1. The molecular weight excluding hydrogens is 602 g/mol. The summed E-state index contributed by atoms with van der Waals surface area (Å²) in [6.07, 6.45) is 2.86. The van der Waals surface area contributed by atoms with E-state index in [4.69, 9.17) is 14.8 Å². The van der Waals surface area contributed by atoms with E-state index in [-0.39, 0.29) is 42.4 Å². The van der Waals surface area contributed by atoms with E-state index in [9.17, 15) is 19.1 Å². The Kier molecular flexibility index (Phi) is 7.13. The zero-order chi connectivity index (χ0) is 31.4. The number of pyridine rings is 2. The number of hydrogen-bond donors (Lipinski definition) is 2. The lowest BCUT2D eigenvalue weighted by atomic mass is 9.96. The number of nitrogens with one attached hydrogen (secondary N) is 1. The highest BCUT2D eigenvalue weighted by Gasteiger charge is 2.32. The van der Waals surface area contributed by atoms with Crippen LogP contribution < -0.4 is 10.1 Å². The second kappa shape index (κ2) is 11.2. The molecule has 13 heteroatoms. The number of aromatic nitrogens is 4. The fourth-order valence-electron chi connectivity index (χ4n) is 6.00. The van der Waals surface area contributed by atoms with Crippen LogP contribution in [0, 0.1) is 11.6 Å². The number of ether oxygens (including phenoxy) is 1. The SMILES string of the molecule is C=CC(=O)N1CCn2nc(-c3nc(-c4cnc5c(c4)CNC5=O)c4ccsc4c3-c3c(F)cc(F)cc3OCCO)cc2[C@H]1C. The van der Waals surface area contributed by atoms with Crippen molar-refractivity contribution in [3.63, 3.8) is 0 Å². The van der Waals surface area contributed by atoms with Gasteiger partial charge in [-0.3, -0.25) is 19.3 Å². The molecule has 2 aliphatic heterocycles. The van der Waals surface area contributed by atoms with Gasteiger partial charge in [0.25, 0.3) is 5.91 Å². The fraction of sp³-hybridized carbons (Fsp3) is 0.219. The van der Waals surface area contributed by atoms with Crippen LogP contribution in [0.4, 0.5) is 8.78 Å². The summed E-state index contributed by atoms with van der Waals surface area (Å²) in [5, 5.41) is 19.6. The van der Waals surface area contributed by atoms with Crippen molar-refractivity contribution in [2.75, 3.05) is 19.8 Å². The molecule has 10 nitrogen and oxygen atoms in total. The Bertz CT molecular complexity index is 2040. The third kappa shape index (κ3) is 4.75. The van der Waals surface area contributed by atoms with Gasteiger partial charge in [-0.05, 0) is 36.6 Å². The van der Waals surface area contributed by atoms with E-state index >= 15 is 4.39 Å². The molecule has 0 bridgehead atoms. The van der Waals surface area contributed by atoms with E-state index < -0.39 is 11.6 Å². The predicted molar refractivity (Wildman–Crippen MR) is 163 cm³/mol. The van der Waals surface area contributed by atoms with Crippen molar-refractivity contribution in [1.82, 2.24) is 30.0 Å². The first kappa shape index (κ1) is 28.7. The van der Waals surface area contributed by atoms with Crippen LogP contribution in [0.3, 0.4) is 0 Å². The lowest BCUT2D eigenvalue weighted by Gasteiger charge is -2.33. The number of carbonyl (C=O) groups is 2. The first-order valence-corrected chi connectivity index (χ1v) is 15.1. The van der Waals surface area contributed by atoms with E-state index in [1.165, 1.54) is 17.4 Å². The zero-order valence-corrected chi connectivity index (χ0v) is 24.8. The summed E-state index contributed by atoms with van der Waals surface area (Å²) in [4.78, 5) is 35.9. The summed E-state index contributed by atoms with van der Waals surface area (Å²) in [7, 11) is 0. The van der Waals surface area contributed by atoms with Crippen LogP contribution in [0.25, 0.3) is 43.9 Å². The topological polar surface area (TPSA) is 122 Å². The highest BCUT2D eigenvalue weighted by molar-refractivity contribution is 7.18. The lowest BCUT2D eigenvalue weighted by molar-refractivity contribution is -0.129. The molecule has 0 aliphatic carbocycles. The van der Waals surface area contributed by atoms with Gasteiger partial charge in [0.1, 0.15) is 41.1 Å². The average molecular weight is 629 g/mol. The van der Waals surface area contributed by atoms with Crippen LogP contribution in [-0.2, 0) is 17.9 Å². The minimum Gasteiger partial charge on any atom is -0.490 e. The predicted octanol–water partition coefficient (Wildman–Crippen LogP) is 4.87. The molecule has 0 radical (unpaired) electrons. The van der Waals surface area contributed by atoms with Crippen molar-refractivity contribution < 1.29 is 28.2 Å². The Morgan fingerprint density at radius 1 is 1.20 bits per heavy atom. The largest absolute Gasteiger partial charge is 0.490 e. The summed E-state index contributed by atoms with van der Waals surface area (Å²) in [5.74, 6) is -2.23. The van der Waals surface area contributed by atoms with Crippen molar-refractivity contribution in [3.8, 4) is 39.5 Å². The zero-order valence-electron chi connectivity index (χ0n) is 24.0. The summed E-state index contributed by atoms with van der Waals surface area (Å²) >= 11 is 1.35. The molecule has 1 aromatic carbocycles. The molecule has 45 heavy (non-hydrogen) atoms. The standard InChI is InChI=1S/C32H26F2N6O4S/c1-3-25(42)39-5-6-40-23(16(39)2)13-22(38-40)30-27(26-21(34)11-19(33)12-24(26)44-8-7-41)31-20(4-9-45-31)28(37-30)17-10-18-15-36-32(43)29(18)35-14-17/h3-4,9-14,16,41H,1,5-8,15H2,2H3,(H,36,43)/t16-/m1/s1. The lowest BCUT2D eigenvalue weighted by Crippen LogP contribution is -2.40. The van der Waals surface area contributed by atoms with E-state index in [0.29, 0.717) is 63.6 Å². The van der Waals surface area contributed by atoms with Gasteiger partial charge in [0.05, 0.1) is 36.1 Å². The minimum atomic E-state index is -0.864. The van der Waals surface area contributed by atoms with Crippen LogP contribution in [-0.4, -0.2) is 61.3 Å². The summed E-state index contributed by atoms with van der Waals surface area (Å²) < 4.78 is 38.5. The van der Waals surface area contributed by atoms with E-state index in [2.05, 4.69) is 16.9 Å². The maximum absolute atomic E-state index is 15.9. The van der Waals surface area contributed by atoms with Crippen LogP contribution in [0.15, 0.2) is 54.6 Å².